The average Bonchev–Trinajstić information content (AvgIpc) is 3.22. The Balaban J connectivity index is 1.60. The molecule has 1 heterocycles. The van der Waals surface area contributed by atoms with Crippen LogP contribution in [0.3, 0.4) is 0 Å². The van der Waals surface area contributed by atoms with Gasteiger partial charge in [-0.05, 0) is 55.7 Å². The van der Waals surface area contributed by atoms with E-state index in [0.29, 0.717) is 22.7 Å². The first-order valence-electron chi connectivity index (χ1n) is 9.04. The molecule has 0 bridgehead atoms. The average molecular weight is 368 g/mol. The van der Waals surface area contributed by atoms with Crippen molar-refractivity contribution in [3.05, 3.63) is 53.6 Å². The Kier molecular flexibility index (Phi) is 5.96. The fourth-order valence-corrected chi connectivity index (χ4v) is 3.11. The number of nitrogens with one attached hydrogen (secondary N) is 1. The van der Waals surface area contributed by atoms with E-state index in [1.807, 2.05) is 30.0 Å². The van der Waals surface area contributed by atoms with Gasteiger partial charge in [0.1, 0.15) is 0 Å². The quantitative estimate of drug-likeness (QED) is 0.850. The topological polar surface area (TPSA) is 67.9 Å². The lowest BCUT2D eigenvalue weighted by molar-refractivity contribution is -0.118. The van der Waals surface area contributed by atoms with E-state index < -0.39 is 0 Å². The van der Waals surface area contributed by atoms with Gasteiger partial charge in [0.2, 0.25) is 0 Å². The molecule has 0 aromatic heterocycles. The molecule has 6 nitrogen and oxygen atoms in total. The molecule has 1 fully saturated rings. The molecular formula is C21H24N2O4. The molecule has 2 aromatic rings. The Labute approximate surface area is 159 Å². The molecule has 1 saturated heterocycles. The van der Waals surface area contributed by atoms with E-state index in [1.165, 1.54) is 0 Å². The van der Waals surface area contributed by atoms with Crippen molar-refractivity contribution in [1.29, 1.82) is 0 Å². The summed E-state index contributed by atoms with van der Waals surface area (Å²) < 4.78 is 10.7. The van der Waals surface area contributed by atoms with Crippen molar-refractivity contribution >= 4 is 17.5 Å². The molecule has 2 amide bonds. The van der Waals surface area contributed by atoms with Crippen LogP contribution in [0.5, 0.6) is 11.5 Å². The van der Waals surface area contributed by atoms with E-state index in [-0.39, 0.29) is 18.4 Å². The van der Waals surface area contributed by atoms with Crippen molar-refractivity contribution in [1.82, 2.24) is 4.90 Å². The lowest BCUT2D eigenvalue weighted by Crippen LogP contribution is -2.27. The van der Waals surface area contributed by atoms with Gasteiger partial charge in [0.25, 0.3) is 11.8 Å². The molecular weight excluding hydrogens is 344 g/mol. The summed E-state index contributed by atoms with van der Waals surface area (Å²) in [6.45, 7) is 3.37. The van der Waals surface area contributed by atoms with E-state index >= 15 is 0 Å². The summed E-state index contributed by atoms with van der Waals surface area (Å²) in [6.07, 6.45) is 2.12. The zero-order valence-electron chi connectivity index (χ0n) is 15.7. The van der Waals surface area contributed by atoms with Gasteiger partial charge >= 0.3 is 0 Å². The summed E-state index contributed by atoms with van der Waals surface area (Å²) in [4.78, 5) is 26.5. The van der Waals surface area contributed by atoms with Crippen LogP contribution in [0.4, 0.5) is 5.69 Å². The van der Waals surface area contributed by atoms with Crippen molar-refractivity contribution in [2.75, 3.05) is 32.1 Å². The summed E-state index contributed by atoms with van der Waals surface area (Å²) in [7, 11) is 1.55. The van der Waals surface area contributed by atoms with Crippen molar-refractivity contribution in [3.8, 4) is 11.5 Å². The molecule has 0 radical (unpaired) electrons. The molecule has 27 heavy (non-hydrogen) atoms. The molecule has 142 valence electrons. The van der Waals surface area contributed by atoms with Gasteiger partial charge in [-0.15, -0.1) is 0 Å². The van der Waals surface area contributed by atoms with Crippen LogP contribution in [-0.4, -0.2) is 43.5 Å². The van der Waals surface area contributed by atoms with Gasteiger partial charge in [0.05, 0.1) is 7.11 Å². The smallest absolute Gasteiger partial charge is 0.262 e. The van der Waals surface area contributed by atoms with E-state index in [1.54, 1.807) is 31.4 Å². The first-order chi connectivity index (χ1) is 13.1. The summed E-state index contributed by atoms with van der Waals surface area (Å²) in [5.74, 6) is 0.861. The number of amides is 2. The summed E-state index contributed by atoms with van der Waals surface area (Å²) in [5, 5.41) is 2.82. The van der Waals surface area contributed by atoms with Crippen molar-refractivity contribution in [3.63, 3.8) is 0 Å². The maximum Gasteiger partial charge on any atom is 0.262 e. The Hall–Kier alpha value is -3.02. The summed E-state index contributed by atoms with van der Waals surface area (Å²) >= 11 is 0. The predicted octanol–water partition coefficient (Wildman–Crippen LogP) is 3.26. The Bertz CT molecular complexity index is 829. The van der Waals surface area contributed by atoms with E-state index in [4.69, 9.17) is 9.47 Å². The molecule has 3 rings (SSSR count). The lowest BCUT2D eigenvalue weighted by Gasteiger charge is -2.16. The highest BCUT2D eigenvalue weighted by molar-refractivity contribution is 5.97. The van der Waals surface area contributed by atoms with E-state index in [0.717, 1.165) is 31.5 Å². The van der Waals surface area contributed by atoms with Crippen LogP contribution in [0, 0.1) is 6.92 Å². The lowest BCUT2D eigenvalue weighted by atomic mass is 10.1. The molecule has 1 N–H and O–H groups in total. The third-order valence-electron chi connectivity index (χ3n) is 4.57. The van der Waals surface area contributed by atoms with Crippen LogP contribution in [0.1, 0.15) is 28.8 Å². The van der Waals surface area contributed by atoms with Crippen LogP contribution < -0.4 is 14.8 Å². The zero-order valence-corrected chi connectivity index (χ0v) is 15.7. The first-order valence-corrected chi connectivity index (χ1v) is 9.04. The SMILES string of the molecule is COc1ccccc1OCC(=O)Nc1ccc(C(=O)N2CCCC2)cc1C. The molecule has 0 atom stereocenters. The van der Waals surface area contributed by atoms with E-state index in [2.05, 4.69) is 5.32 Å². The molecule has 0 unspecified atom stereocenters. The van der Waals surface area contributed by atoms with Gasteiger partial charge < -0.3 is 19.7 Å². The standard InChI is InChI=1S/C21H24N2O4/c1-15-13-16(21(25)23-11-5-6-12-23)9-10-17(15)22-20(24)14-27-19-8-4-3-7-18(19)26-2/h3-4,7-10,13H,5-6,11-12,14H2,1-2H3,(H,22,24). The highest BCUT2D eigenvalue weighted by Crippen LogP contribution is 2.26. The van der Waals surface area contributed by atoms with Gasteiger partial charge in [0, 0.05) is 24.3 Å². The maximum atomic E-state index is 12.5. The van der Waals surface area contributed by atoms with Crippen LogP contribution in [-0.2, 0) is 4.79 Å². The number of methoxy groups -OCH3 is 1. The minimum absolute atomic E-state index is 0.0491. The summed E-state index contributed by atoms with van der Waals surface area (Å²) in [6, 6.07) is 12.5. The molecule has 1 aliphatic rings. The van der Waals surface area contributed by atoms with Crippen LogP contribution in [0.25, 0.3) is 0 Å². The number of benzene rings is 2. The fraction of sp³-hybridized carbons (Fsp3) is 0.333. The minimum Gasteiger partial charge on any atom is -0.493 e. The second kappa shape index (κ2) is 8.58. The Morgan fingerprint density at radius 2 is 1.78 bits per heavy atom. The zero-order chi connectivity index (χ0) is 19.2. The number of carbonyl (C=O) groups excluding carboxylic acids is 2. The number of anilines is 1. The number of carbonyl (C=O) groups is 2. The van der Waals surface area contributed by atoms with Gasteiger partial charge in [0.15, 0.2) is 18.1 Å². The number of nitrogens with zero attached hydrogens (tertiary/aromatic N) is 1. The monoisotopic (exact) mass is 368 g/mol. The van der Waals surface area contributed by atoms with Gasteiger partial charge in [-0.2, -0.15) is 0 Å². The third-order valence-corrected chi connectivity index (χ3v) is 4.57. The molecule has 6 heteroatoms. The highest BCUT2D eigenvalue weighted by Gasteiger charge is 2.20. The number of para-hydroxylation sites is 2. The van der Waals surface area contributed by atoms with Crippen LogP contribution >= 0.6 is 0 Å². The Morgan fingerprint density at radius 1 is 1.07 bits per heavy atom. The van der Waals surface area contributed by atoms with Gasteiger partial charge in [-0.3, -0.25) is 9.59 Å². The van der Waals surface area contributed by atoms with Crippen molar-refractivity contribution in [2.45, 2.75) is 19.8 Å². The van der Waals surface area contributed by atoms with Crippen molar-refractivity contribution < 1.29 is 19.1 Å². The number of hydrogen-bond acceptors (Lipinski definition) is 4. The molecule has 1 aliphatic heterocycles. The second-order valence-electron chi connectivity index (χ2n) is 6.52. The number of rotatable bonds is 6. The number of likely N-dealkylation sites (tertiary alicyclic amines) is 1. The first kappa shape index (κ1) is 18.8. The van der Waals surface area contributed by atoms with Crippen molar-refractivity contribution in [2.24, 2.45) is 0 Å². The number of aryl methyl sites for hydroxylation is 1. The fourth-order valence-electron chi connectivity index (χ4n) is 3.11. The largest absolute Gasteiger partial charge is 0.493 e. The number of ether oxygens (including phenoxy) is 2. The third kappa shape index (κ3) is 4.58. The van der Waals surface area contributed by atoms with E-state index in [9.17, 15) is 9.59 Å². The molecule has 0 aliphatic carbocycles. The highest BCUT2D eigenvalue weighted by atomic mass is 16.5. The van der Waals surface area contributed by atoms with Gasteiger partial charge in [-0.1, -0.05) is 12.1 Å². The normalized spacial score (nSPS) is 13.3. The van der Waals surface area contributed by atoms with Crippen LogP contribution in [0.15, 0.2) is 42.5 Å². The van der Waals surface area contributed by atoms with Crippen LogP contribution in [0.2, 0.25) is 0 Å². The summed E-state index contributed by atoms with van der Waals surface area (Å²) in [5.41, 5.74) is 2.16. The molecule has 0 spiro atoms. The molecule has 0 saturated carbocycles. The minimum atomic E-state index is -0.275. The maximum absolute atomic E-state index is 12.5. The second-order valence-corrected chi connectivity index (χ2v) is 6.52. The predicted molar refractivity (Wildman–Crippen MR) is 103 cm³/mol. The van der Waals surface area contributed by atoms with Gasteiger partial charge in [-0.25, -0.2) is 0 Å². The molecule has 2 aromatic carbocycles. The number of hydrogen-bond donors (Lipinski definition) is 1. The Morgan fingerprint density at radius 3 is 2.44 bits per heavy atom.